The summed E-state index contributed by atoms with van der Waals surface area (Å²) in [7, 11) is 0. The number of ether oxygens (including phenoxy) is 1. The number of ketones is 2. The van der Waals surface area contributed by atoms with E-state index in [-0.39, 0.29) is 36.2 Å². The number of carbonyl (C=O) groups excluding carboxylic acids is 4. The predicted molar refractivity (Wildman–Crippen MR) is 113 cm³/mol. The summed E-state index contributed by atoms with van der Waals surface area (Å²) in [5, 5.41) is 2.74. The summed E-state index contributed by atoms with van der Waals surface area (Å²) in [6.45, 7) is 5.05. The van der Waals surface area contributed by atoms with Crippen LogP contribution in [0.25, 0.3) is 0 Å². The van der Waals surface area contributed by atoms with Gasteiger partial charge < -0.3 is 10.1 Å². The highest BCUT2D eigenvalue weighted by molar-refractivity contribution is 7.18. The number of hydrogen-bond donors (Lipinski definition) is 1. The highest BCUT2D eigenvalue weighted by atomic mass is 35.5. The molecule has 0 saturated carbocycles. The molecule has 1 aromatic heterocycles. The molecule has 154 valence electrons. The third-order valence-electron chi connectivity index (χ3n) is 4.04. The summed E-state index contributed by atoms with van der Waals surface area (Å²) in [5.41, 5.74) is 0.939. The summed E-state index contributed by atoms with van der Waals surface area (Å²) in [4.78, 5) is 48.6. The van der Waals surface area contributed by atoms with E-state index in [1.165, 1.54) is 6.92 Å². The first-order chi connectivity index (χ1) is 13.7. The van der Waals surface area contributed by atoms with Crippen LogP contribution in [0.3, 0.4) is 0 Å². The lowest BCUT2D eigenvalue weighted by Crippen LogP contribution is -2.24. The molecule has 1 unspecified atom stereocenters. The van der Waals surface area contributed by atoms with Gasteiger partial charge in [-0.25, -0.2) is 0 Å². The third-order valence-corrected chi connectivity index (χ3v) is 5.32. The lowest BCUT2D eigenvalue weighted by atomic mass is 10.1. The van der Waals surface area contributed by atoms with E-state index in [9.17, 15) is 19.2 Å². The number of amides is 1. The first-order valence-corrected chi connectivity index (χ1v) is 10.3. The zero-order valence-electron chi connectivity index (χ0n) is 16.4. The van der Waals surface area contributed by atoms with E-state index in [1.54, 1.807) is 50.2 Å². The van der Waals surface area contributed by atoms with Crippen LogP contribution in [0.15, 0.2) is 36.4 Å². The predicted octanol–water partition coefficient (Wildman–Crippen LogP) is 4.77. The summed E-state index contributed by atoms with van der Waals surface area (Å²) in [5.74, 6) is -1.46. The Bertz CT molecular complexity index is 904. The first-order valence-electron chi connectivity index (χ1n) is 9.10. The van der Waals surface area contributed by atoms with Crippen molar-refractivity contribution in [1.29, 1.82) is 0 Å². The molecule has 0 bridgehead atoms. The van der Waals surface area contributed by atoms with E-state index in [0.29, 0.717) is 20.5 Å². The van der Waals surface area contributed by atoms with Crippen molar-refractivity contribution in [3.63, 3.8) is 0 Å². The Morgan fingerprint density at radius 2 is 1.66 bits per heavy atom. The van der Waals surface area contributed by atoms with Gasteiger partial charge in [0.2, 0.25) is 11.7 Å². The maximum Gasteiger partial charge on any atom is 0.306 e. The van der Waals surface area contributed by atoms with Crippen molar-refractivity contribution >= 4 is 52.1 Å². The van der Waals surface area contributed by atoms with Crippen molar-refractivity contribution < 1.29 is 23.9 Å². The first kappa shape index (κ1) is 22.8. The van der Waals surface area contributed by atoms with Crippen LogP contribution in [-0.2, 0) is 14.3 Å². The van der Waals surface area contributed by atoms with Crippen LogP contribution in [0.5, 0.6) is 0 Å². The number of anilines is 1. The van der Waals surface area contributed by atoms with E-state index in [1.807, 2.05) is 0 Å². The highest BCUT2D eigenvalue weighted by Gasteiger charge is 2.20. The van der Waals surface area contributed by atoms with Gasteiger partial charge in [-0.3, -0.25) is 19.2 Å². The molecule has 1 aromatic carbocycles. The lowest BCUT2D eigenvalue weighted by Gasteiger charge is -2.13. The van der Waals surface area contributed by atoms with Gasteiger partial charge in [0.25, 0.3) is 0 Å². The zero-order valence-corrected chi connectivity index (χ0v) is 17.9. The SMILES string of the molecule is CC(C)C(=O)Nc1ccc(C(=O)C(C)OC(=O)CCC(=O)c2ccc(Cl)s2)cc1. The van der Waals surface area contributed by atoms with Crippen LogP contribution >= 0.6 is 22.9 Å². The van der Waals surface area contributed by atoms with Gasteiger partial charge in [0.05, 0.1) is 15.6 Å². The fourth-order valence-corrected chi connectivity index (χ4v) is 3.36. The molecule has 0 aliphatic rings. The van der Waals surface area contributed by atoms with Crippen molar-refractivity contribution in [2.45, 2.75) is 39.7 Å². The summed E-state index contributed by atoms with van der Waals surface area (Å²) in [6.07, 6.45) is -1.11. The van der Waals surface area contributed by atoms with Crippen molar-refractivity contribution in [2.75, 3.05) is 5.32 Å². The number of nitrogens with one attached hydrogen (secondary N) is 1. The van der Waals surface area contributed by atoms with Gasteiger partial charge in [-0.1, -0.05) is 25.4 Å². The Morgan fingerprint density at radius 1 is 1.00 bits per heavy atom. The van der Waals surface area contributed by atoms with Gasteiger partial charge in [0, 0.05) is 23.6 Å². The standard InChI is InChI=1S/C21H22ClNO5S/c1-12(2)21(27)23-15-6-4-14(5-7-15)20(26)13(3)28-19(25)11-8-16(24)17-9-10-18(22)29-17/h4-7,9-10,12-13H,8,11H2,1-3H3,(H,23,27). The van der Waals surface area contributed by atoms with Crippen LogP contribution in [0, 0.1) is 5.92 Å². The molecule has 1 N–H and O–H groups in total. The van der Waals surface area contributed by atoms with E-state index in [4.69, 9.17) is 16.3 Å². The van der Waals surface area contributed by atoms with Crippen molar-refractivity contribution in [2.24, 2.45) is 5.92 Å². The van der Waals surface area contributed by atoms with Crippen LogP contribution < -0.4 is 5.32 Å². The summed E-state index contributed by atoms with van der Waals surface area (Å²) in [6, 6.07) is 9.59. The Morgan fingerprint density at radius 3 is 2.21 bits per heavy atom. The van der Waals surface area contributed by atoms with E-state index in [0.717, 1.165) is 11.3 Å². The summed E-state index contributed by atoms with van der Waals surface area (Å²) >= 11 is 6.95. The van der Waals surface area contributed by atoms with Crippen LogP contribution in [-0.4, -0.2) is 29.5 Å². The topological polar surface area (TPSA) is 89.5 Å². The summed E-state index contributed by atoms with van der Waals surface area (Å²) < 4.78 is 5.66. The number of thiophene rings is 1. The number of carbonyl (C=O) groups is 4. The zero-order chi connectivity index (χ0) is 21.6. The van der Waals surface area contributed by atoms with Gasteiger partial charge in [0.1, 0.15) is 0 Å². The number of Topliss-reactive ketones (excluding diaryl/α,β-unsaturated/α-hetero) is 2. The van der Waals surface area contributed by atoms with Gasteiger partial charge >= 0.3 is 5.97 Å². The van der Waals surface area contributed by atoms with E-state index < -0.39 is 12.1 Å². The highest BCUT2D eigenvalue weighted by Crippen LogP contribution is 2.23. The Balaban J connectivity index is 1.85. The number of benzene rings is 1. The number of hydrogen-bond acceptors (Lipinski definition) is 6. The second-order valence-corrected chi connectivity index (χ2v) is 8.46. The normalized spacial score (nSPS) is 11.8. The van der Waals surface area contributed by atoms with Gasteiger partial charge in [-0.15, -0.1) is 11.3 Å². The molecular formula is C21H22ClNO5S. The fourth-order valence-electron chi connectivity index (χ4n) is 2.35. The quantitative estimate of drug-likeness (QED) is 0.452. The maximum atomic E-state index is 12.4. The number of rotatable bonds is 9. The largest absolute Gasteiger partial charge is 0.454 e. The molecular weight excluding hydrogens is 414 g/mol. The van der Waals surface area contributed by atoms with E-state index >= 15 is 0 Å². The molecule has 2 aromatic rings. The van der Waals surface area contributed by atoms with Crippen molar-refractivity contribution in [3.8, 4) is 0 Å². The minimum Gasteiger partial charge on any atom is -0.454 e. The second-order valence-electron chi connectivity index (χ2n) is 6.74. The Hall–Kier alpha value is -2.51. The molecule has 2 rings (SSSR count). The molecule has 1 heterocycles. The van der Waals surface area contributed by atoms with Crippen LogP contribution in [0.1, 0.15) is 53.6 Å². The molecule has 6 nitrogen and oxygen atoms in total. The Labute approximate surface area is 178 Å². The minimum absolute atomic E-state index is 0.0131. The molecule has 1 amide bonds. The number of esters is 1. The van der Waals surface area contributed by atoms with Crippen LogP contribution in [0.2, 0.25) is 4.34 Å². The van der Waals surface area contributed by atoms with Crippen molar-refractivity contribution in [1.82, 2.24) is 0 Å². The molecule has 29 heavy (non-hydrogen) atoms. The third kappa shape index (κ3) is 6.80. The molecule has 0 radical (unpaired) electrons. The second kappa shape index (κ2) is 10.3. The molecule has 1 atom stereocenters. The van der Waals surface area contributed by atoms with Crippen molar-refractivity contribution in [3.05, 3.63) is 51.2 Å². The molecule has 8 heteroatoms. The molecule has 0 fully saturated rings. The average molecular weight is 436 g/mol. The minimum atomic E-state index is -0.982. The molecule has 0 aliphatic carbocycles. The average Bonchev–Trinajstić information content (AvgIpc) is 3.12. The number of halogens is 1. The molecule has 0 spiro atoms. The smallest absolute Gasteiger partial charge is 0.306 e. The molecule has 0 aliphatic heterocycles. The van der Waals surface area contributed by atoms with Gasteiger partial charge in [-0.05, 0) is 43.3 Å². The van der Waals surface area contributed by atoms with Gasteiger partial charge in [0.15, 0.2) is 11.9 Å². The van der Waals surface area contributed by atoms with E-state index in [2.05, 4.69) is 5.32 Å². The Kier molecular flexibility index (Phi) is 8.10. The molecule has 0 saturated heterocycles. The maximum absolute atomic E-state index is 12.4. The lowest BCUT2D eigenvalue weighted by molar-refractivity contribution is -0.146. The fraction of sp³-hybridized carbons (Fsp3) is 0.333. The van der Waals surface area contributed by atoms with Gasteiger partial charge in [-0.2, -0.15) is 0 Å². The van der Waals surface area contributed by atoms with Crippen LogP contribution in [0.4, 0.5) is 5.69 Å². The monoisotopic (exact) mass is 435 g/mol.